The van der Waals surface area contributed by atoms with E-state index in [1.165, 1.54) is 0 Å². The highest BCUT2D eigenvalue weighted by Crippen LogP contribution is 2.23. The Morgan fingerprint density at radius 3 is 2.33 bits per heavy atom. The molecule has 0 saturated heterocycles. The third kappa shape index (κ3) is 2.60. The van der Waals surface area contributed by atoms with Crippen LogP contribution >= 0.6 is 0 Å². The minimum atomic E-state index is -0.389. The number of fused-ring (bicyclic) bond motifs is 1. The number of para-hydroxylation sites is 1. The lowest BCUT2D eigenvalue weighted by Crippen LogP contribution is -2.10. The van der Waals surface area contributed by atoms with E-state index < -0.39 is 0 Å². The molecular formula is C17H14N2O2. The summed E-state index contributed by atoms with van der Waals surface area (Å²) in [5.41, 5.74) is 3.76. The number of carbonyl (C=O) groups is 1. The normalized spacial score (nSPS) is 10.6. The number of esters is 1. The Labute approximate surface area is 122 Å². The van der Waals surface area contributed by atoms with Crippen molar-refractivity contribution in [2.75, 3.05) is 0 Å². The van der Waals surface area contributed by atoms with Gasteiger partial charge in [-0.1, -0.05) is 18.2 Å². The van der Waals surface area contributed by atoms with E-state index in [1.807, 2.05) is 32.0 Å². The van der Waals surface area contributed by atoms with Gasteiger partial charge in [-0.15, -0.1) is 0 Å². The largest absolute Gasteiger partial charge is 0.422 e. The van der Waals surface area contributed by atoms with Crippen LogP contribution < -0.4 is 4.74 Å². The zero-order valence-electron chi connectivity index (χ0n) is 11.8. The van der Waals surface area contributed by atoms with Crippen LogP contribution in [0.2, 0.25) is 0 Å². The molecule has 0 bridgehead atoms. The van der Waals surface area contributed by atoms with Crippen molar-refractivity contribution < 1.29 is 9.53 Å². The molecule has 0 spiro atoms. The van der Waals surface area contributed by atoms with Crippen LogP contribution in [0.15, 0.2) is 48.8 Å². The molecule has 104 valence electrons. The summed E-state index contributed by atoms with van der Waals surface area (Å²) in [6.45, 7) is 3.84. The molecule has 0 atom stereocenters. The quantitative estimate of drug-likeness (QED) is 0.532. The van der Waals surface area contributed by atoms with Gasteiger partial charge < -0.3 is 4.74 Å². The van der Waals surface area contributed by atoms with Crippen molar-refractivity contribution in [2.24, 2.45) is 0 Å². The summed E-state index contributed by atoms with van der Waals surface area (Å²) >= 11 is 0. The fourth-order valence-electron chi connectivity index (χ4n) is 2.20. The second-order valence-corrected chi connectivity index (χ2v) is 4.87. The second kappa shape index (κ2) is 5.32. The number of hydrogen-bond donors (Lipinski definition) is 0. The standard InChI is InChI=1S/C17H14N2O2/c1-11-4-3-5-12(2)16(11)21-17(20)13-6-7-14-15(10-13)19-9-8-18-14/h3-10H,1-2H3. The maximum absolute atomic E-state index is 12.3. The average molecular weight is 278 g/mol. The summed E-state index contributed by atoms with van der Waals surface area (Å²) in [6.07, 6.45) is 3.22. The molecule has 4 heteroatoms. The molecule has 0 radical (unpaired) electrons. The van der Waals surface area contributed by atoms with E-state index in [-0.39, 0.29) is 5.97 Å². The maximum atomic E-state index is 12.3. The van der Waals surface area contributed by atoms with Crippen molar-refractivity contribution in [3.8, 4) is 5.75 Å². The predicted octanol–water partition coefficient (Wildman–Crippen LogP) is 3.47. The van der Waals surface area contributed by atoms with E-state index in [0.29, 0.717) is 16.8 Å². The van der Waals surface area contributed by atoms with E-state index in [9.17, 15) is 4.79 Å². The number of rotatable bonds is 2. The zero-order chi connectivity index (χ0) is 14.8. The van der Waals surface area contributed by atoms with Crippen LogP contribution in [-0.4, -0.2) is 15.9 Å². The molecule has 1 heterocycles. The number of nitrogens with zero attached hydrogens (tertiary/aromatic N) is 2. The topological polar surface area (TPSA) is 52.1 Å². The van der Waals surface area contributed by atoms with Gasteiger partial charge in [-0.05, 0) is 43.2 Å². The Morgan fingerprint density at radius 2 is 1.62 bits per heavy atom. The maximum Gasteiger partial charge on any atom is 0.343 e. The number of hydrogen-bond acceptors (Lipinski definition) is 4. The van der Waals surface area contributed by atoms with Crippen LogP contribution in [0, 0.1) is 13.8 Å². The van der Waals surface area contributed by atoms with Crippen LogP contribution in [0.3, 0.4) is 0 Å². The van der Waals surface area contributed by atoms with Gasteiger partial charge in [0.25, 0.3) is 0 Å². The minimum Gasteiger partial charge on any atom is -0.422 e. The molecule has 4 nitrogen and oxygen atoms in total. The number of benzene rings is 2. The molecule has 0 amide bonds. The van der Waals surface area contributed by atoms with Crippen molar-refractivity contribution in [3.05, 3.63) is 65.5 Å². The zero-order valence-corrected chi connectivity index (χ0v) is 11.8. The molecule has 3 aromatic rings. The van der Waals surface area contributed by atoms with Crippen LogP contribution in [0.4, 0.5) is 0 Å². The van der Waals surface area contributed by atoms with Crippen molar-refractivity contribution in [2.45, 2.75) is 13.8 Å². The van der Waals surface area contributed by atoms with Gasteiger partial charge in [0.15, 0.2) is 0 Å². The first-order valence-corrected chi connectivity index (χ1v) is 6.64. The Bertz CT molecular complexity index is 808. The van der Waals surface area contributed by atoms with Crippen molar-refractivity contribution in [3.63, 3.8) is 0 Å². The fourth-order valence-corrected chi connectivity index (χ4v) is 2.20. The van der Waals surface area contributed by atoms with Gasteiger partial charge in [-0.25, -0.2) is 4.79 Å². The molecule has 3 rings (SSSR count). The summed E-state index contributed by atoms with van der Waals surface area (Å²) in [5, 5.41) is 0. The van der Waals surface area contributed by atoms with Crippen molar-refractivity contribution in [1.82, 2.24) is 9.97 Å². The van der Waals surface area contributed by atoms with Gasteiger partial charge >= 0.3 is 5.97 Å². The Kier molecular flexibility index (Phi) is 3.36. The van der Waals surface area contributed by atoms with Gasteiger partial charge in [-0.2, -0.15) is 0 Å². The van der Waals surface area contributed by atoms with Gasteiger partial charge in [0.1, 0.15) is 5.75 Å². The SMILES string of the molecule is Cc1cccc(C)c1OC(=O)c1ccc2nccnc2c1. The van der Waals surface area contributed by atoms with E-state index in [0.717, 1.165) is 16.6 Å². The highest BCUT2D eigenvalue weighted by Gasteiger charge is 2.13. The molecule has 0 aliphatic rings. The molecule has 21 heavy (non-hydrogen) atoms. The Hall–Kier alpha value is -2.75. The lowest BCUT2D eigenvalue weighted by atomic mass is 10.1. The van der Waals surface area contributed by atoms with E-state index in [1.54, 1.807) is 30.6 Å². The average Bonchev–Trinajstić information content (AvgIpc) is 2.50. The highest BCUT2D eigenvalue weighted by molar-refractivity contribution is 5.94. The van der Waals surface area contributed by atoms with Gasteiger partial charge in [-0.3, -0.25) is 9.97 Å². The fraction of sp³-hybridized carbons (Fsp3) is 0.118. The van der Waals surface area contributed by atoms with Gasteiger partial charge in [0.2, 0.25) is 0 Å². The second-order valence-electron chi connectivity index (χ2n) is 4.87. The first-order valence-electron chi connectivity index (χ1n) is 6.64. The third-order valence-corrected chi connectivity index (χ3v) is 3.31. The van der Waals surface area contributed by atoms with Crippen LogP contribution in [0.5, 0.6) is 5.75 Å². The number of aryl methyl sites for hydroxylation is 2. The summed E-state index contributed by atoms with van der Waals surface area (Å²) in [4.78, 5) is 20.7. The predicted molar refractivity (Wildman–Crippen MR) is 80.4 cm³/mol. The monoisotopic (exact) mass is 278 g/mol. The summed E-state index contributed by atoms with van der Waals surface area (Å²) in [6, 6.07) is 10.9. The lowest BCUT2D eigenvalue weighted by Gasteiger charge is -2.10. The van der Waals surface area contributed by atoms with Gasteiger partial charge in [0, 0.05) is 12.4 Å². The van der Waals surface area contributed by atoms with E-state index >= 15 is 0 Å². The summed E-state index contributed by atoms with van der Waals surface area (Å²) in [5.74, 6) is 0.224. The smallest absolute Gasteiger partial charge is 0.343 e. The molecule has 0 saturated carbocycles. The first-order chi connectivity index (χ1) is 10.1. The van der Waals surface area contributed by atoms with Crippen molar-refractivity contribution >= 4 is 17.0 Å². The van der Waals surface area contributed by atoms with Crippen LogP contribution in [0.1, 0.15) is 21.5 Å². The van der Waals surface area contributed by atoms with E-state index in [4.69, 9.17) is 4.74 Å². The molecule has 0 N–H and O–H groups in total. The van der Waals surface area contributed by atoms with Gasteiger partial charge in [0.05, 0.1) is 16.6 Å². The number of ether oxygens (including phenoxy) is 1. The van der Waals surface area contributed by atoms with E-state index in [2.05, 4.69) is 9.97 Å². The lowest BCUT2D eigenvalue weighted by molar-refractivity contribution is 0.0732. The van der Waals surface area contributed by atoms with Crippen LogP contribution in [0.25, 0.3) is 11.0 Å². The molecule has 0 fully saturated rings. The summed E-state index contributed by atoms with van der Waals surface area (Å²) < 4.78 is 5.52. The Morgan fingerprint density at radius 1 is 0.952 bits per heavy atom. The van der Waals surface area contributed by atoms with Crippen LogP contribution in [-0.2, 0) is 0 Å². The first kappa shape index (κ1) is 13.2. The van der Waals surface area contributed by atoms with Crippen molar-refractivity contribution in [1.29, 1.82) is 0 Å². The summed E-state index contributed by atoms with van der Waals surface area (Å²) in [7, 11) is 0. The molecule has 0 unspecified atom stereocenters. The molecule has 1 aromatic heterocycles. The third-order valence-electron chi connectivity index (χ3n) is 3.31. The number of carbonyl (C=O) groups excluding carboxylic acids is 1. The Balaban J connectivity index is 1.94. The molecule has 2 aromatic carbocycles. The highest BCUT2D eigenvalue weighted by atomic mass is 16.5. The molecular weight excluding hydrogens is 264 g/mol. The minimum absolute atomic E-state index is 0.389. The molecule has 0 aliphatic carbocycles. The number of aromatic nitrogens is 2. The molecule has 0 aliphatic heterocycles.